The molecule has 1 saturated heterocycles. The molecule has 10 heteroatoms. The van der Waals surface area contributed by atoms with Crippen molar-refractivity contribution in [3.8, 4) is 11.3 Å². The third kappa shape index (κ3) is 3.08. The van der Waals surface area contributed by atoms with Crippen molar-refractivity contribution < 1.29 is 4.74 Å². The van der Waals surface area contributed by atoms with Gasteiger partial charge in [0.25, 0.3) is 0 Å². The van der Waals surface area contributed by atoms with Gasteiger partial charge >= 0.3 is 0 Å². The molecule has 1 atom stereocenters. The lowest BCUT2D eigenvalue weighted by Gasteiger charge is -2.22. The summed E-state index contributed by atoms with van der Waals surface area (Å²) in [6.07, 6.45) is 5.30. The monoisotopic (exact) mass is 377 g/mol. The third-order valence-electron chi connectivity index (χ3n) is 4.66. The number of hydrogen-bond donors (Lipinski definition) is 2. The first-order valence-corrected chi connectivity index (χ1v) is 9.03. The van der Waals surface area contributed by atoms with Gasteiger partial charge in [0.2, 0.25) is 5.95 Å². The van der Waals surface area contributed by atoms with Crippen molar-refractivity contribution in [3.05, 3.63) is 48.7 Å². The summed E-state index contributed by atoms with van der Waals surface area (Å²) in [5.41, 5.74) is 2.48. The fourth-order valence-corrected chi connectivity index (χ4v) is 3.21. The smallest absolute Gasteiger partial charge is 0.228 e. The molecule has 0 radical (unpaired) electrons. The van der Waals surface area contributed by atoms with E-state index < -0.39 is 0 Å². The van der Waals surface area contributed by atoms with Crippen molar-refractivity contribution in [3.63, 3.8) is 0 Å². The number of ether oxygens (including phenoxy) is 1. The molecule has 1 unspecified atom stereocenters. The quantitative estimate of drug-likeness (QED) is 0.548. The van der Waals surface area contributed by atoms with Crippen LogP contribution in [0.2, 0.25) is 0 Å². The van der Waals surface area contributed by atoms with E-state index in [1.807, 2.05) is 41.9 Å². The van der Waals surface area contributed by atoms with Gasteiger partial charge in [0.05, 0.1) is 18.5 Å². The molecule has 5 rings (SSSR count). The molecule has 0 aliphatic carbocycles. The van der Waals surface area contributed by atoms with Crippen molar-refractivity contribution in [1.29, 1.82) is 0 Å². The highest BCUT2D eigenvalue weighted by Crippen LogP contribution is 2.23. The number of fused-ring (bicyclic) bond motifs is 1. The van der Waals surface area contributed by atoms with E-state index in [2.05, 4.69) is 35.9 Å². The third-order valence-corrected chi connectivity index (χ3v) is 4.66. The summed E-state index contributed by atoms with van der Waals surface area (Å²) in [6, 6.07) is 7.68. The van der Waals surface area contributed by atoms with E-state index in [1.165, 1.54) is 0 Å². The number of anilines is 2. The molecule has 0 aromatic carbocycles. The number of morpholine rings is 1. The molecule has 0 spiro atoms. The van der Waals surface area contributed by atoms with Gasteiger partial charge in [0.15, 0.2) is 11.5 Å². The summed E-state index contributed by atoms with van der Waals surface area (Å²) in [6.45, 7) is 2.27. The molecule has 0 bridgehead atoms. The minimum atomic E-state index is -0.0941. The Morgan fingerprint density at radius 3 is 3.00 bits per heavy atom. The average molecular weight is 377 g/mol. The van der Waals surface area contributed by atoms with Crippen LogP contribution in [0.5, 0.6) is 0 Å². The van der Waals surface area contributed by atoms with Crippen LogP contribution in [0.1, 0.15) is 11.9 Å². The van der Waals surface area contributed by atoms with Gasteiger partial charge in [-0.15, -0.1) is 10.2 Å². The van der Waals surface area contributed by atoms with Gasteiger partial charge in [-0.05, 0) is 18.2 Å². The van der Waals surface area contributed by atoms with Crippen molar-refractivity contribution in [1.82, 2.24) is 39.7 Å². The lowest BCUT2D eigenvalue weighted by Crippen LogP contribution is -2.34. The summed E-state index contributed by atoms with van der Waals surface area (Å²) in [5, 5.41) is 19.3. The van der Waals surface area contributed by atoms with Gasteiger partial charge in [-0.3, -0.25) is 9.08 Å². The molecule has 0 saturated carbocycles. The summed E-state index contributed by atoms with van der Waals surface area (Å²) >= 11 is 0. The highest BCUT2D eigenvalue weighted by atomic mass is 16.5. The second-order valence-electron chi connectivity index (χ2n) is 6.50. The SMILES string of the molecule is Cn1nccc1Nc1nccc(-c2ccn3c(C4CNCCO4)nnc3c2)n1. The van der Waals surface area contributed by atoms with Crippen molar-refractivity contribution in [2.24, 2.45) is 7.05 Å². The number of nitrogens with one attached hydrogen (secondary N) is 2. The van der Waals surface area contributed by atoms with Crippen LogP contribution in [0, 0.1) is 0 Å². The Morgan fingerprint density at radius 2 is 2.18 bits per heavy atom. The van der Waals surface area contributed by atoms with E-state index in [0.29, 0.717) is 12.6 Å². The Morgan fingerprint density at radius 1 is 1.21 bits per heavy atom. The van der Waals surface area contributed by atoms with Crippen LogP contribution in [0.15, 0.2) is 42.9 Å². The molecule has 1 aliphatic heterocycles. The predicted molar refractivity (Wildman–Crippen MR) is 102 cm³/mol. The molecular weight excluding hydrogens is 358 g/mol. The van der Waals surface area contributed by atoms with E-state index in [9.17, 15) is 0 Å². The molecule has 1 fully saturated rings. The van der Waals surface area contributed by atoms with E-state index >= 15 is 0 Å². The maximum absolute atomic E-state index is 5.80. The first-order valence-electron chi connectivity index (χ1n) is 9.03. The second-order valence-corrected chi connectivity index (χ2v) is 6.50. The van der Waals surface area contributed by atoms with Crippen molar-refractivity contribution in [2.75, 3.05) is 25.0 Å². The molecular formula is C18H19N9O. The van der Waals surface area contributed by atoms with E-state index in [4.69, 9.17) is 4.74 Å². The fraction of sp³-hybridized carbons (Fsp3) is 0.278. The predicted octanol–water partition coefficient (Wildman–Crippen LogP) is 1.32. The number of nitrogens with zero attached hydrogens (tertiary/aromatic N) is 7. The molecule has 4 aromatic heterocycles. The Labute approximate surface area is 160 Å². The summed E-state index contributed by atoms with van der Waals surface area (Å²) in [5.74, 6) is 2.12. The lowest BCUT2D eigenvalue weighted by atomic mass is 10.2. The normalized spacial score (nSPS) is 17.1. The van der Waals surface area contributed by atoms with Gasteiger partial charge in [-0.25, -0.2) is 9.97 Å². The van der Waals surface area contributed by atoms with Gasteiger partial charge in [-0.1, -0.05) is 0 Å². The minimum Gasteiger partial charge on any atom is -0.368 e. The Hall–Kier alpha value is -3.37. The molecule has 4 aromatic rings. The van der Waals surface area contributed by atoms with Crippen LogP contribution in [0.25, 0.3) is 16.9 Å². The maximum atomic E-state index is 5.80. The Kier molecular flexibility index (Phi) is 4.18. The van der Waals surface area contributed by atoms with Crippen LogP contribution < -0.4 is 10.6 Å². The van der Waals surface area contributed by atoms with Crippen molar-refractivity contribution >= 4 is 17.4 Å². The molecule has 142 valence electrons. The minimum absolute atomic E-state index is 0.0941. The summed E-state index contributed by atoms with van der Waals surface area (Å²) < 4.78 is 9.48. The first kappa shape index (κ1) is 16.8. The second kappa shape index (κ2) is 6.98. The largest absolute Gasteiger partial charge is 0.368 e. The van der Waals surface area contributed by atoms with E-state index in [1.54, 1.807) is 17.1 Å². The fourth-order valence-electron chi connectivity index (χ4n) is 3.21. The number of hydrogen-bond acceptors (Lipinski definition) is 8. The zero-order valence-electron chi connectivity index (χ0n) is 15.3. The van der Waals surface area contributed by atoms with Crippen LogP contribution >= 0.6 is 0 Å². The van der Waals surface area contributed by atoms with Crippen LogP contribution in [0.3, 0.4) is 0 Å². The number of pyridine rings is 1. The molecule has 2 N–H and O–H groups in total. The standard InChI is InChI=1S/C18H19N9O/c1-26-15(3-6-21-26)23-18-20-5-2-13(22-18)12-4-8-27-16(10-12)24-25-17(27)14-11-19-7-9-28-14/h2-6,8,10,14,19H,7,9,11H2,1H3,(H,20,22,23). The van der Waals surface area contributed by atoms with Gasteiger partial charge in [0, 0.05) is 44.2 Å². The van der Waals surface area contributed by atoms with Gasteiger partial charge in [0.1, 0.15) is 11.9 Å². The van der Waals surface area contributed by atoms with Crippen LogP contribution in [0.4, 0.5) is 11.8 Å². The first-order chi connectivity index (χ1) is 13.8. The van der Waals surface area contributed by atoms with Crippen molar-refractivity contribution in [2.45, 2.75) is 6.10 Å². The maximum Gasteiger partial charge on any atom is 0.228 e. The Balaban J connectivity index is 1.45. The zero-order chi connectivity index (χ0) is 18.9. The molecule has 5 heterocycles. The highest BCUT2D eigenvalue weighted by Gasteiger charge is 2.21. The van der Waals surface area contributed by atoms with Gasteiger partial charge < -0.3 is 15.4 Å². The topological polar surface area (TPSA) is 107 Å². The van der Waals surface area contributed by atoms with Crippen LogP contribution in [-0.4, -0.2) is 54.0 Å². The summed E-state index contributed by atoms with van der Waals surface area (Å²) in [4.78, 5) is 8.90. The zero-order valence-corrected chi connectivity index (χ0v) is 15.3. The average Bonchev–Trinajstić information content (AvgIpc) is 3.34. The molecule has 28 heavy (non-hydrogen) atoms. The Bertz CT molecular complexity index is 1110. The summed E-state index contributed by atoms with van der Waals surface area (Å²) in [7, 11) is 1.86. The van der Waals surface area contributed by atoms with Crippen LogP contribution in [-0.2, 0) is 11.8 Å². The highest BCUT2D eigenvalue weighted by molar-refractivity contribution is 5.65. The van der Waals surface area contributed by atoms with E-state index in [0.717, 1.165) is 41.6 Å². The molecule has 0 amide bonds. The molecule has 1 aliphatic rings. The lowest BCUT2D eigenvalue weighted by molar-refractivity contribution is 0.0215. The van der Waals surface area contributed by atoms with E-state index in [-0.39, 0.29) is 6.10 Å². The molecule has 10 nitrogen and oxygen atoms in total. The van der Waals surface area contributed by atoms with Gasteiger partial charge in [-0.2, -0.15) is 5.10 Å². The number of rotatable bonds is 4. The number of aryl methyl sites for hydroxylation is 1. The number of aromatic nitrogens is 7.